The normalized spacial score (nSPS) is 11.2. The van der Waals surface area contributed by atoms with Gasteiger partial charge in [-0.25, -0.2) is 13.1 Å². The molecule has 0 bridgehead atoms. The van der Waals surface area contributed by atoms with Crippen molar-refractivity contribution in [3.8, 4) is 0 Å². The molecule has 0 radical (unpaired) electrons. The van der Waals surface area contributed by atoms with Crippen LogP contribution in [0.25, 0.3) is 0 Å². The summed E-state index contributed by atoms with van der Waals surface area (Å²) in [7, 11) is -2.15. The van der Waals surface area contributed by atoms with Crippen LogP contribution in [0.5, 0.6) is 0 Å². The van der Waals surface area contributed by atoms with Crippen molar-refractivity contribution in [3.05, 3.63) is 94.5 Å². The van der Waals surface area contributed by atoms with Gasteiger partial charge in [0.2, 0.25) is 15.9 Å². The third-order valence-corrected chi connectivity index (χ3v) is 6.34. The van der Waals surface area contributed by atoms with E-state index in [0.717, 1.165) is 5.56 Å². The number of aryl methyl sites for hydroxylation is 1. The van der Waals surface area contributed by atoms with Gasteiger partial charge in [0, 0.05) is 22.6 Å². The van der Waals surface area contributed by atoms with Gasteiger partial charge in [-0.05, 0) is 49.4 Å². The van der Waals surface area contributed by atoms with E-state index < -0.39 is 10.0 Å². The number of anilines is 1. The van der Waals surface area contributed by atoms with E-state index in [4.69, 9.17) is 11.6 Å². The number of amides is 1. The summed E-state index contributed by atoms with van der Waals surface area (Å²) in [6.07, 6.45) is 0.584. The third kappa shape index (κ3) is 5.79. The van der Waals surface area contributed by atoms with E-state index in [1.807, 2.05) is 6.07 Å². The molecule has 1 amide bonds. The highest BCUT2D eigenvalue weighted by Crippen LogP contribution is 2.24. The monoisotopic (exact) mass is 456 g/mol. The molecule has 0 aromatic heterocycles. The zero-order valence-corrected chi connectivity index (χ0v) is 18.3. The number of carbonyl (C=O) groups excluding carboxylic acids is 2. The predicted octanol–water partition coefficient (Wildman–Crippen LogP) is 4.05. The maximum Gasteiger partial charge on any atom is 0.240 e. The zero-order chi connectivity index (χ0) is 22.4. The highest BCUT2D eigenvalue weighted by atomic mass is 35.5. The highest BCUT2D eigenvalue weighted by molar-refractivity contribution is 7.89. The van der Waals surface area contributed by atoms with Gasteiger partial charge in [0.25, 0.3) is 0 Å². The van der Waals surface area contributed by atoms with Crippen molar-refractivity contribution in [2.24, 2.45) is 0 Å². The molecular formula is C23H21ClN2O4S. The molecule has 0 aliphatic heterocycles. The summed E-state index contributed by atoms with van der Waals surface area (Å²) >= 11 is 6.07. The second kappa shape index (κ2) is 9.87. The van der Waals surface area contributed by atoms with E-state index in [1.165, 1.54) is 25.2 Å². The Labute approximate surface area is 186 Å². The third-order valence-electron chi connectivity index (χ3n) is 4.68. The predicted molar refractivity (Wildman–Crippen MR) is 121 cm³/mol. The summed E-state index contributed by atoms with van der Waals surface area (Å²) < 4.78 is 25.8. The van der Waals surface area contributed by atoms with Gasteiger partial charge in [-0.3, -0.25) is 9.59 Å². The van der Waals surface area contributed by atoms with Gasteiger partial charge >= 0.3 is 0 Å². The van der Waals surface area contributed by atoms with Crippen molar-refractivity contribution < 1.29 is 18.0 Å². The van der Waals surface area contributed by atoms with Gasteiger partial charge in [0.05, 0.1) is 10.6 Å². The van der Waals surface area contributed by atoms with Gasteiger partial charge in [-0.15, -0.1) is 0 Å². The van der Waals surface area contributed by atoms with E-state index in [2.05, 4.69) is 10.0 Å². The first-order valence-corrected chi connectivity index (χ1v) is 11.4. The van der Waals surface area contributed by atoms with Crippen LogP contribution in [0, 0.1) is 0 Å². The summed E-state index contributed by atoms with van der Waals surface area (Å²) in [4.78, 5) is 25.5. The van der Waals surface area contributed by atoms with Crippen LogP contribution in [0.15, 0.2) is 77.7 Å². The Morgan fingerprint density at radius 2 is 1.61 bits per heavy atom. The maximum atomic E-state index is 12.9. The van der Waals surface area contributed by atoms with E-state index in [-0.39, 0.29) is 23.0 Å². The molecule has 0 atom stereocenters. The van der Waals surface area contributed by atoms with E-state index in [9.17, 15) is 18.0 Å². The Kier molecular flexibility index (Phi) is 7.22. The van der Waals surface area contributed by atoms with Crippen molar-refractivity contribution in [3.63, 3.8) is 0 Å². The lowest BCUT2D eigenvalue weighted by molar-refractivity contribution is -0.116. The van der Waals surface area contributed by atoms with Crippen LogP contribution in [-0.4, -0.2) is 27.2 Å². The van der Waals surface area contributed by atoms with Crippen LogP contribution in [0.2, 0.25) is 5.02 Å². The first-order chi connectivity index (χ1) is 14.8. The standard InChI is InChI=1S/C23H21ClN2O4S/c1-25-31(29,30)19-11-7-16(8-12-19)9-14-22(27)26-21-13-10-18(24)15-20(21)23(28)17-5-3-2-4-6-17/h2-8,10-13,15,25H,9,14H2,1H3,(H,26,27). The molecule has 6 nitrogen and oxygen atoms in total. The minimum Gasteiger partial charge on any atom is -0.325 e. The minimum atomic E-state index is -3.50. The number of nitrogens with one attached hydrogen (secondary N) is 2. The Morgan fingerprint density at radius 3 is 2.26 bits per heavy atom. The lowest BCUT2D eigenvalue weighted by Gasteiger charge is -2.11. The first-order valence-electron chi connectivity index (χ1n) is 9.52. The number of carbonyl (C=O) groups is 2. The number of hydrogen-bond acceptors (Lipinski definition) is 4. The molecule has 0 heterocycles. The molecule has 0 unspecified atom stereocenters. The fourth-order valence-electron chi connectivity index (χ4n) is 2.98. The second-order valence-corrected chi connectivity index (χ2v) is 9.11. The average molecular weight is 457 g/mol. The maximum absolute atomic E-state index is 12.9. The van der Waals surface area contributed by atoms with Crippen molar-refractivity contribution in [2.75, 3.05) is 12.4 Å². The number of ketones is 1. The van der Waals surface area contributed by atoms with Gasteiger partial charge in [-0.1, -0.05) is 54.1 Å². The Balaban J connectivity index is 1.69. The van der Waals surface area contributed by atoms with E-state index in [1.54, 1.807) is 48.5 Å². The highest BCUT2D eigenvalue weighted by Gasteiger charge is 2.16. The quantitative estimate of drug-likeness (QED) is 0.500. The lowest BCUT2D eigenvalue weighted by atomic mass is 10.0. The van der Waals surface area contributed by atoms with Crippen LogP contribution in [0.3, 0.4) is 0 Å². The zero-order valence-electron chi connectivity index (χ0n) is 16.8. The van der Waals surface area contributed by atoms with Crippen LogP contribution >= 0.6 is 11.6 Å². The number of sulfonamides is 1. The Bertz CT molecular complexity index is 1190. The molecule has 3 aromatic carbocycles. The molecule has 8 heteroatoms. The van der Waals surface area contributed by atoms with Crippen molar-refractivity contribution >= 4 is 39.0 Å². The lowest BCUT2D eigenvalue weighted by Crippen LogP contribution is -2.18. The molecule has 3 aromatic rings. The van der Waals surface area contributed by atoms with Gasteiger partial charge in [0.15, 0.2) is 5.78 Å². The van der Waals surface area contributed by atoms with Gasteiger partial charge < -0.3 is 5.32 Å². The number of halogens is 1. The fourth-order valence-corrected chi connectivity index (χ4v) is 3.88. The number of hydrogen-bond donors (Lipinski definition) is 2. The largest absolute Gasteiger partial charge is 0.325 e. The van der Waals surface area contributed by atoms with Crippen LogP contribution in [0.4, 0.5) is 5.69 Å². The van der Waals surface area contributed by atoms with Crippen molar-refractivity contribution in [1.29, 1.82) is 0 Å². The Hall–Kier alpha value is -3.00. The topological polar surface area (TPSA) is 92.3 Å². The molecule has 0 fully saturated rings. The summed E-state index contributed by atoms with van der Waals surface area (Å²) in [6.45, 7) is 0. The second-order valence-electron chi connectivity index (χ2n) is 6.78. The van der Waals surface area contributed by atoms with Crippen molar-refractivity contribution in [2.45, 2.75) is 17.7 Å². The number of rotatable bonds is 8. The van der Waals surface area contributed by atoms with Crippen LogP contribution in [-0.2, 0) is 21.2 Å². The van der Waals surface area contributed by atoms with E-state index in [0.29, 0.717) is 28.3 Å². The summed E-state index contributed by atoms with van der Waals surface area (Å²) in [5.41, 5.74) is 2.02. The molecule has 0 saturated carbocycles. The molecule has 160 valence electrons. The van der Waals surface area contributed by atoms with Crippen LogP contribution < -0.4 is 10.0 Å². The fraction of sp³-hybridized carbons (Fsp3) is 0.130. The molecule has 0 spiro atoms. The Morgan fingerprint density at radius 1 is 0.935 bits per heavy atom. The molecule has 0 saturated heterocycles. The molecule has 0 aliphatic rings. The molecular weight excluding hydrogens is 436 g/mol. The van der Waals surface area contributed by atoms with Gasteiger partial charge in [0.1, 0.15) is 0 Å². The molecule has 31 heavy (non-hydrogen) atoms. The summed E-state index contributed by atoms with van der Waals surface area (Å²) in [5.74, 6) is -0.504. The van der Waals surface area contributed by atoms with E-state index >= 15 is 0 Å². The SMILES string of the molecule is CNS(=O)(=O)c1ccc(CCC(=O)Nc2ccc(Cl)cc2C(=O)c2ccccc2)cc1. The van der Waals surface area contributed by atoms with Gasteiger partial charge in [-0.2, -0.15) is 0 Å². The number of benzene rings is 3. The average Bonchev–Trinajstić information content (AvgIpc) is 2.79. The van der Waals surface area contributed by atoms with Crippen LogP contribution in [0.1, 0.15) is 27.9 Å². The first kappa shape index (κ1) is 22.7. The minimum absolute atomic E-state index is 0.161. The molecule has 3 rings (SSSR count). The van der Waals surface area contributed by atoms with Crippen molar-refractivity contribution in [1.82, 2.24) is 4.72 Å². The molecule has 0 aliphatic carbocycles. The summed E-state index contributed by atoms with van der Waals surface area (Å²) in [6, 6.07) is 19.8. The smallest absolute Gasteiger partial charge is 0.240 e. The summed E-state index contributed by atoms with van der Waals surface area (Å²) in [5, 5.41) is 3.18. The molecule has 2 N–H and O–H groups in total.